The highest BCUT2D eigenvalue weighted by molar-refractivity contribution is 6.28. The van der Waals surface area contributed by atoms with Crippen molar-refractivity contribution in [3.05, 3.63) is 22.6 Å². The van der Waals surface area contributed by atoms with E-state index in [4.69, 9.17) is 18.9 Å². The number of methoxy groups -OCH3 is 2. The molecule has 26 heavy (non-hydrogen) atoms. The van der Waals surface area contributed by atoms with Gasteiger partial charge in [0.1, 0.15) is 0 Å². The molecule has 1 aliphatic rings. The van der Waals surface area contributed by atoms with E-state index in [0.717, 1.165) is 28.1 Å². The molecule has 10 nitrogen and oxygen atoms in total. The third-order valence-corrected chi connectivity index (χ3v) is 3.33. The summed E-state index contributed by atoms with van der Waals surface area (Å²) in [4.78, 5) is 47.7. The molecule has 0 amide bonds. The molecule has 0 aliphatic heterocycles. The van der Waals surface area contributed by atoms with Crippen LogP contribution in [0.3, 0.4) is 0 Å². The van der Waals surface area contributed by atoms with Gasteiger partial charge in [0.25, 0.3) is 0 Å². The fourth-order valence-corrected chi connectivity index (χ4v) is 2.40. The van der Waals surface area contributed by atoms with E-state index in [1.54, 1.807) is 0 Å². The molecule has 0 radical (unpaired) electrons. The van der Waals surface area contributed by atoms with Crippen molar-refractivity contribution in [3.63, 3.8) is 0 Å². The Morgan fingerprint density at radius 1 is 0.731 bits per heavy atom. The van der Waals surface area contributed by atoms with Crippen molar-refractivity contribution < 1.29 is 48.3 Å². The number of ketones is 2. The summed E-state index contributed by atoms with van der Waals surface area (Å²) >= 11 is 0. The third kappa shape index (κ3) is 2.81. The van der Waals surface area contributed by atoms with Gasteiger partial charge in [-0.25, -0.2) is 0 Å². The van der Waals surface area contributed by atoms with Crippen molar-refractivity contribution >= 4 is 23.5 Å². The van der Waals surface area contributed by atoms with Crippen molar-refractivity contribution in [3.8, 4) is 23.0 Å². The number of carbonyl (C=O) groups excluding carboxylic acids is 4. The predicted octanol–water partition coefficient (Wildman–Crippen LogP) is 0.832. The first kappa shape index (κ1) is 18.8. The van der Waals surface area contributed by atoms with E-state index >= 15 is 0 Å². The van der Waals surface area contributed by atoms with E-state index in [2.05, 4.69) is 0 Å². The highest BCUT2D eigenvalue weighted by Crippen LogP contribution is 2.51. The maximum absolute atomic E-state index is 12.7. The highest BCUT2D eigenvalue weighted by Gasteiger charge is 2.43. The summed E-state index contributed by atoms with van der Waals surface area (Å²) in [6.07, 6.45) is 0. The zero-order valence-corrected chi connectivity index (χ0v) is 14.2. The van der Waals surface area contributed by atoms with E-state index in [1.807, 2.05) is 0 Å². The highest BCUT2D eigenvalue weighted by atomic mass is 16.6. The van der Waals surface area contributed by atoms with Gasteiger partial charge in [0.15, 0.2) is 11.5 Å². The second kappa shape index (κ2) is 6.75. The number of benzene rings is 1. The van der Waals surface area contributed by atoms with E-state index in [1.165, 1.54) is 0 Å². The number of rotatable bonds is 4. The molecule has 0 fully saturated rings. The number of carbonyl (C=O) groups is 4. The molecule has 138 valence electrons. The number of phenols is 2. The Kier molecular flexibility index (Phi) is 4.87. The van der Waals surface area contributed by atoms with Crippen LogP contribution in [0.1, 0.15) is 34.6 Å². The van der Waals surface area contributed by atoms with E-state index < -0.39 is 69.1 Å². The van der Waals surface area contributed by atoms with E-state index in [9.17, 15) is 29.4 Å². The summed E-state index contributed by atoms with van der Waals surface area (Å²) in [7, 11) is 2.14. The van der Waals surface area contributed by atoms with Gasteiger partial charge in [-0.05, 0) is 0 Å². The molecule has 0 aromatic heterocycles. The van der Waals surface area contributed by atoms with Crippen molar-refractivity contribution in [2.45, 2.75) is 13.8 Å². The van der Waals surface area contributed by atoms with Gasteiger partial charge in [-0.1, -0.05) is 0 Å². The van der Waals surface area contributed by atoms with Crippen LogP contribution >= 0.6 is 0 Å². The van der Waals surface area contributed by atoms with Crippen LogP contribution in [0.15, 0.2) is 11.5 Å². The van der Waals surface area contributed by atoms with Crippen molar-refractivity contribution in [1.29, 1.82) is 0 Å². The van der Waals surface area contributed by atoms with Crippen molar-refractivity contribution in [2.75, 3.05) is 14.2 Å². The smallest absolute Gasteiger partial charge is 0.308 e. The van der Waals surface area contributed by atoms with Crippen LogP contribution in [-0.2, 0) is 19.1 Å². The van der Waals surface area contributed by atoms with Crippen LogP contribution in [0.4, 0.5) is 0 Å². The lowest BCUT2D eigenvalue weighted by atomic mass is 9.89. The molecule has 1 aromatic carbocycles. The molecule has 1 aromatic rings. The SMILES string of the molecule is COC1=C(OC(C)=O)C(=O)c2c(O)c(OC(C)=O)c(OC)c(O)c2C1=O. The number of hydrogen-bond acceptors (Lipinski definition) is 10. The molecule has 0 saturated heterocycles. The maximum atomic E-state index is 12.7. The Labute approximate surface area is 146 Å². The number of esters is 2. The average molecular weight is 366 g/mol. The predicted molar refractivity (Wildman–Crippen MR) is 82.1 cm³/mol. The van der Waals surface area contributed by atoms with Gasteiger partial charge < -0.3 is 29.2 Å². The summed E-state index contributed by atoms with van der Waals surface area (Å²) in [5, 5.41) is 20.7. The Hall–Kier alpha value is -3.56. The molecule has 10 heteroatoms. The summed E-state index contributed by atoms with van der Waals surface area (Å²) < 4.78 is 19.2. The third-order valence-electron chi connectivity index (χ3n) is 3.33. The molecule has 2 rings (SSSR count). The Morgan fingerprint density at radius 2 is 1.19 bits per heavy atom. The number of phenolic OH excluding ortho intramolecular Hbond substituents is 2. The summed E-state index contributed by atoms with van der Waals surface area (Å²) in [5.41, 5.74) is -1.37. The molecule has 2 N–H and O–H groups in total. The minimum atomic E-state index is -1.13. The topological polar surface area (TPSA) is 146 Å². The zero-order valence-electron chi connectivity index (χ0n) is 14.2. The minimum Gasteiger partial charge on any atom is -0.504 e. The molecule has 0 unspecified atom stereocenters. The lowest BCUT2D eigenvalue weighted by Gasteiger charge is -2.23. The van der Waals surface area contributed by atoms with E-state index in [0.29, 0.717) is 0 Å². The molecule has 0 spiro atoms. The summed E-state index contributed by atoms with van der Waals surface area (Å²) in [6.45, 7) is 2.00. The van der Waals surface area contributed by atoms with Gasteiger partial charge in [0.2, 0.25) is 34.6 Å². The first-order valence-electron chi connectivity index (χ1n) is 7.05. The lowest BCUT2D eigenvalue weighted by Crippen LogP contribution is -2.26. The van der Waals surface area contributed by atoms with E-state index in [-0.39, 0.29) is 0 Å². The molecule has 0 atom stereocenters. The van der Waals surface area contributed by atoms with Gasteiger partial charge in [0, 0.05) is 13.8 Å². The normalized spacial score (nSPS) is 13.2. The zero-order chi connectivity index (χ0) is 19.8. The number of aromatic hydroxyl groups is 2. The molecular formula is C16H14O10. The number of ether oxygens (including phenoxy) is 4. The van der Waals surface area contributed by atoms with Crippen LogP contribution in [0.5, 0.6) is 23.0 Å². The average Bonchev–Trinajstić information content (AvgIpc) is 2.55. The summed E-state index contributed by atoms with van der Waals surface area (Å²) in [6, 6.07) is 0. The Bertz CT molecular complexity index is 878. The van der Waals surface area contributed by atoms with Crippen molar-refractivity contribution in [1.82, 2.24) is 0 Å². The first-order valence-corrected chi connectivity index (χ1v) is 7.05. The second-order valence-corrected chi connectivity index (χ2v) is 5.02. The van der Waals surface area contributed by atoms with Crippen molar-refractivity contribution in [2.24, 2.45) is 0 Å². The van der Waals surface area contributed by atoms with Gasteiger partial charge >= 0.3 is 11.9 Å². The van der Waals surface area contributed by atoms with Crippen LogP contribution in [0.25, 0.3) is 0 Å². The Morgan fingerprint density at radius 3 is 1.62 bits per heavy atom. The fraction of sp³-hybridized carbons (Fsp3) is 0.250. The Balaban J connectivity index is 2.87. The monoisotopic (exact) mass is 366 g/mol. The standard InChI is InChI=1S/C16H14O10/c1-5(17)25-15-11(21)8-7(9(19)13(15)23-3)10(20)14(24-4)16(12(8)22)26-6(2)18/h19,21H,1-4H3. The number of fused-ring (bicyclic) bond motifs is 1. The fourth-order valence-electron chi connectivity index (χ4n) is 2.40. The summed E-state index contributed by atoms with van der Waals surface area (Å²) in [5.74, 6) is -8.40. The van der Waals surface area contributed by atoms with Gasteiger partial charge in [-0.3, -0.25) is 19.2 Å². The number of hydrogen-bond donors (Lipinski definition) is 2. The molecule has 0 saturated carbocycles. The van der Waals surface area contributed by atoms with Gasteiger partial charge in [-0.2, -0.15) is 0 Å². The molecule has 0 bridgehead atoms. The first-order chi connectivity index (χ1) is 12.1. The largest absolute Gasteiger partial charge is 0.504 e. The molecular weight excluding hydrogens is 352 g/mol. The second-order valence-electron chi connectivity index (χ2n) is 5.02. The van der Waals surface area contributed by atoms with Crippen LogP contribution < -0.4 is 9.47 Å². The van der Waals surface area contributed by atoms with Gasteiger partial charge in [-0.15, -0.1) is 0 Å². The minimum absolute atomic E-state index is 0.538. The maximum Gasteiger partial charge on any atom is 0.308 e. The number of allylic oxidation sites excluding steroid dienone is 2. The van der Waals surface area contributed by atoms with Crippen LogP contribution in [0.2, 0.25) is 0 Å². The molecule has 1 aliphatic carbocycles. The lowest BCUT2D eigenvalue weighted by molar-refractivity contribution is -0.136. The quantitative estimate of drug-likeness (QED) is 0.446. The van der Waals surface area contributed by atoms with Crippen LogP contribution in [0, 0.1) is 0 Å². The number of Topliss-reactive ketones (excluding diaryl/α,β-unsaturated/α-hetero) is 2. The van der Waals surface area contributed by atoms with Crippen LogP contribution in [-0.4, -0.2) is 47.9 Å². The molecule has 0 heterocycles. The van der Waals surface area contributed by atoms with Gasteiger partial charge in [0.05, 0.1) is 25.3 Å².